The summed E-state index contributed by atoms with van der Waals surface area (Å²) in [5.41, 5.74) is 0. The molecular formula is C19H43ClCu. The second-order valence-electron chi connectivity index (χ2n) is 6.79. The first kappa shape index (κ1) is 24.1. The minimum atomic E-state index is -0.192. The topological polar surface area (TPSA) is 0 Å². The van der Waals surface area contributed by atoms with E-state index in [1.165, 1.54) is 95.2 Å². The third kappa shape index (κ3) is 23.2. The van der Waals surface area contributed by atoms with E-state index in [0.29, 0.717) is 0 Å². The van der Waals surface area contributed by atoms with E-state index in [0.717, 1.165) is 0 Å². The predicted molar refractivity (Wildman–Crippen MR) is 100.0 cm³/mol. The molecule has 0 spiro atoms. The molecule has 0 aliphatic carbocycles. The van der Waals surface area contributed by atoms with Crippen molar-refractivity contribution < 1.29 is 12.8 Å². The molecule has 0 nitrogen and oxygen atoms in total. The van der Waals surface area contributed by atoms with Gasteiger partial charge in [-0.05, 0) is 0 Å². The first-order valence-corrected chi connectivity index (χ1v) is 12.3. The van der Waals surface area contributed by atoms with Crippen molar-refractivity contribution in [2.75, 3.05) is 0 Å². The van der Waals surface area contributed by atoms with Crippen LogP contribution in [0, 0.1) is 0 Å². The van der Waals surface area contributed by atoms with Gasteiger partial charge < -0.3 is 0 Å². The van der Waals surface area contributed by atoms with Crippen LogP contribution in [-0.2, 0) is 12.8 Å². The third-order valence-corrected chi connectivity index (χ3v) is 5.66. The summed E-state index contributed by atoms with van der Waals surface area (Å²) >= 11 is -0.192. The maximum atomic E-state index is 2.43. The zero-order valence-electron chi connectivity index (χ0n) is 15.3. The maximum absolute atomic E-state index is 2.43. The Kier molecular flexibility index (Phi) is 19.7. The van der Waals surface area contributed by atoms with Crippen molar-refractivity contribution in [1.82, 2.24) is 0 Å². The molecule has 0 fully saturated rings. The van der Waals surface area contributed by atoms with Gasteiger partial charge in [0, 0.05) is 0 Å². The Hall–Kier alpha value is 0.809. The quantitative estimate of drug-likeness (QED) is 0.200. The molecule has 0 saturated heterocycles. The number of halogens is 1. The fraction of sp³-hybridized carbons (Fsp3) is 1.00. The van der Waals surface area contributed by atoms with Gasteiger partial charge in [-0.25, -0.2) is 0 Å². The molecule has 0 heterocycles. The van der Waals surface area contributed by atoms with Crippen LogP contribution in [0.15, 0.2) is 0 Å². The predicted octanol–water partition coefficient (Wildman–Crippen LogP) is 8.61. The standard InChI is InChI=1S/C16H33.3CH3.ClH.Cu/c1-3-5-7-9-11-13-15-16-14-12-10-8-6-4-2;;;;;/h1,3-16H2,2H3;3*1H3;1H;. The minimum absolute atomic E-state index is 0. The first-order chi connectivity index (χ1) is 9.56. The van der Waals surface area contributed by atoms with Gasteiger partial charge in [0.1, 0.15) is 0 Å². The molecule has 2 heteroatoms. The average molecular weight is 371 g/mol. The molecule has 0 amide bonds. The molecule has 0 aromatic carbocycles. The van der Waals surface area contributed by atoms with Gasteiger partial charge in [-0.2, -0.15) is 0 Å². The first-order valence-electron chi connectivity index (χ1n) is 8.82. The number of rotatable bonds is 15. The Morgan fingerprint density at radius 1 is 0.476 bits per heavy atom. The van der Waals surface area contributed by atoms with E-state index in [-0.39, 0.29) is 25.3 Å². The molecule has 0 aliphatic rings. The molecule has 0 radical (unpaired) electrons. The zero-order chi connectivity index (χ0) is 15.1. The molecule has 0 rings (SSSR count). The molecule has 137 valence electrons. The Labute approximate surface area is 144 Å². The van der Waals surface area contributed by atoms with Gasteiger partial charge in [0.15, 0.2) is 0 Å². The van der Waals surface area contributed by atoms with E-state index in [2.05, 4.69) is 24.4 Å². The van der Waals surface area contributed by atoms with Crippen molar-refractivity contribution in [3.05, 3.63) is 0 Å². The summed E-state index contributed by atoms with van der Waals surface area (Å²) < 4.78 is 0. The molecular weight excluding hydrogens is 327 g/mol. The largest absolute Gasteiger partial charge is 0.147 e. The fourth-order valence-corrected chi connectivity index (χ4v) is 3.82. The van der Waals surface area contributed by atoms with Crippen LogP contribution >= 0.6 is 12.4 Å². The van der Waals surface area contributed by atoms with Gasteiger partial charge in [-0.3, -0.25) is 0 Å². The number of hydrogen-bond acceptors (Lipinski definition) is 0. The second-order valence-corrected chi connectivity index (χ2v) is 12.1. The van der Waals surface area contributed by atoms with E-state index >= 15 is 0 Å². The van der Waals surface area contributed by atoms with Crippen molar-refractivity contribution in [3.8, 4) is 0 Å². The Balaban J connectivity index is 0. The molecule has 21 heavy (non-hydrogen) atoms. The van der Waals surface area contributed by atoms with Crippen LogP contribution in [-0.4, -0.2) is 0 Å². The van der Waals surface area contributed by atoms with Gasteiger partial charge in [-0.15, -0.1) is 12.4 Å². The van der Waals surface area contributed by atoms with Crippen LogP contribution in [0.1, 0.15) is 96.8 Å². The summed E-state index contributed by atoms with van der Waals surface area (Å²) in [4.78, 5) is 0. The Morgan fingerprint density at radius 2 is 0.762 bits per heavy atom. The Morgan fingerprint density at radius 3 is 1.05 bits per heavy atom. The van der Waals surface area contributed by atoms with Gasteiger partial charge >= 0.3 is 106 Å². The van der Waals surface area contributed by atoms with Crippen molar-refractivity contribution in [2.24, 2.45) is 0 Å². The molecule has 0 aromatic heterocycles. The second kappa shape index (κ2) is 17.2. The molecule has 0 saturated carbocycles. The summed E-state index contributed by atoms with van der Waals surface area (Å²) in [6, 6.07) is 0. The molecule has 0 atom stereocenters. The summed E-state index contributed by atoms with van der Waals surface area (Å²) in [7, 11) is 0. The van der Waals surface area contributed by atoms with E-state index in [1.807, 2.05) is 0 Å². The number of hydrogen-bond donors (Lipinski definition) is 0. The van der Waals surface area contributed by atoms with E-state index in [1.54, 1.807) is 0 Å². The smallest absolute Gasteiger partial charge is 0.147 e. The van der Waals surface area contributed by atoms with Gasteiger partial charge in [-0.1, -0.05) is 26.2 Å². The molecule has 0 bridgehead atoms. The van der Waals surface area contributed by atoms with Crippen molar-refractivity contribution in [1.29, 1.82) is 0 Å². The van der Waals surface area contributed by atoms with Crippen LogP contribution < -0.4 is 0 Å². The van der Waals surface area contributed by atoms with E-state index in [9.17, 15) is 0 Å². The molecule has 0 aromatic rings. The van der Waals surface area contributed by atoms with Gasteiger partial charge in [0.05, 0.1) is 0 Å². The summed E-state index contributed by atoms with van der Waals surface area (Å²) in [6.07, 6.45) is 20.6. The average Bonchev–Trinajstić information content (AvgIpc) is 2.38. The van der Waals surface area contributed by atoms with Crippen LogP contribution in [0.3, 0.4) is 0 Å². The minimum Gasteiger partial charge on any atom is -0.147 e. The molecule has 0 unspecified atom stereocenters. The van der Waals surface area contributed by atoms with Crippen molar-refractivity contribution in [3.63, 3.8) is 0 Å². The third-order valence-electron chi connectivity index (χ3n) is 3.91. The Bertz CT molecular complexity index is 186. The zero-order valence-corrected chi connectivity index (χ0v) is 17.1. The van der Waals surface area contributed by atoms with E-state index in [4.69, 9.17) is 0 Å². The van der Waals surface area contributed by atoms with Crippen LogP contribution in [0.5, 0.6) is 0 Å². The summed E-state index contributed by atoms with van der Waals surface area (Å²) in [5, 5.41) is 1.47. The molecule has 0 N–H and O–H groups in total. The fourth-order valence-electron chi connectivity index (χ4n) is 2.59. The van der Waals surface area contributed by atoms with Crippen LogP contribution in [0.25, 0.3) is 0 Å². The van der Waals surface area contributed by atoms with Gasteiger partial charge in [0.2, 0.25) is 0 Å². The molecule has 0 aliphatic heterocycles. The monoisotopic (exact) mass is 369 g/mol. The number of unbranched alkanes of at least 4 members (excludes halogenated alkanes) is 13. The van der Waals surface area contributed by atoms with Crippen molar-refractivity contribution >= 4 is 12.4 Å². The van der Waals surface area contributed by atoms with Gasteiger partial charge in [0.25, 0.3) is 0 Å². The van der Waals surface area contributed by atoms with Crippen LogP contribution in [0.2, 0.25) is 22.8 Å². The van der Waals surface area contributed by atoms with Crippen LogP contribution in [0.4, 0.5) is 0 Å². The summed E-state index contributed by atoms with van der Waals surface area (Å²) in [5.74, 6) is 7.30. The van der Waals surface area contributed by atoms with E-state index < -0.39 is 0 Å². The maximum Gasteiger partial charge on any atom is -0.147 e. The van der Waals surface area contributed by atoms with Crippen molar-refractivity contribution in [2.45, 2.75) is 120 Å². The normalized spacial score (nSPS) is 12.2. The summed E-state index contributed by atoms with van der Waals surface area (Å²) in [6.45, 7) is 2.30. The SMILES string of the molecule is CCCCCCCCCCCCCCC[CH2][Cu]([CH3])([CH3])[CH3].Cl.